The zero-order valence-electron chi connectivity index (χ0n) is 12.0. The molecule has 1 aromatic carbocycles. The fourth-order valence-electron chi connectivity index (χ4n) is 3.02. The minimum Gasteiger partial charge on any atom is -0.413 e. The van der Waals surface area contributed by atoms with E-state index in [1.54, 1.807) is 24.4 Å². The van der Waals surface area contributed by atoms with Crippen LogP contribution in [0.3, 0.4) is 0 Å². The molecule has 1 atom stereocenters. The van der Waals surface area contributed by atoms with Crippen molar-refractivity contribution in [2.45, 2.75) is 37.3 Å². The number of hydrogen-bond donors (Lipinski definition) is 0. The lowest BCUT2D eigenvalue weighted by atomic mass is 9.90. The molecule has 0 N–H and O–H groups in total. The Morgan fingerprint density at radius 1 is 1.23 bits per heavy atom. The Morgan fingerprint density at radius 3 is 2.86 bits per heavy atom. The van der Waals surface area contributed by atoms with E-state index in [4.69, 9.17) is 4.84 Å². The van der Waals surface area contributed by atoms with Gasteiger partial charge in [-0.25, -0.2) is 0 Å². The molecule has 0 bridgehead atoms. The first-order valence-corrected chi connectivity index (χ1v) is 7.51. The number of fused-ring (bicyclic) bond motifs is 1. The second kappa shape index (κ2) is 5.02. The molecule has 1 unspecified atom stereocenters. The molecule has 0 amide bonds. The van der Waals surface area contributed by atoms with Crippen molar-refractivity contribution in [2.75, 3.05) is 0 Å². The van der Waals surface area contributed by atoms with Crippen LogP contribution in [0, 0.1) is 0 Å². The first-order chi connectivity index (χ1) is 10.7. The number of rotatable bonds is 3. The monoisotopic (exact) mass is 302 g/mol. The largest absolute Gasteiger partial charge is 0.413 e. The predicted molar refractivity (Wildman–Crippen MR) is 79.1 cm³/mol. The molecule has 4 rings (SSSR count). The van der Waals surface area contributed by atoms with Crippen LogP contribution in [-0.2, 0) is 10.8 Å². The van der Waals surface area contributed by atoms with Crippen molar-refractivity contribution in [3.05, 3.63) is 54.4 Å². The summed E-state index contributed by atoms with van der Waals surface area (Å²) < 4.78 is 29.9. The number of alkyl halides is 2. The Kier molecular flexibility index (Phi) is 3.11. The van der Waals surface area contributed by atoms with E-state index in [9.17, 15) is 8.78 Å². The summed E-state index contributed by atoms with van der Waals surface area (Å²) in [5.74, 6) is -3.01. The molecule has 0 radical (unpaired) electrons. The lowest BCUT2D eigenvalue weighted by molar-refractivity contribution is -0.210. The molecule has 1 aliphatic carbocycles. The molecule has 2 aromatic rings. The minimum atomic E-state index is -3.01. The first-order valence-electron chi connectivity index (χ1n) is 7.51. The molecule has 1 saturated carbocycles. The van der Waals surface area contributed by atoms with Gasteiger partial charge in [-0.3, -0.25) is 4.98 Å². The summed E-state index contributed by atoms with van der Waals surface area (Å²) in [6, 6.07) is 7.22. The van der Waals surface area contributed by atoms with Crippen LogP contribution in [0.4, 0.5) is 8.78 Å². The zero-order chi connectivity index (χ0) is 15.2. The number of benzene rings is 1. The van der Waals surface area contributed by atoms with E-state index < -0.39 is 12.0 Å². The predicted octanol–water partition coefficient (Wildman–Crippen LogP) is 4.01. The molecular weight excluding hydrogens is 286 g/mol. The number of pyridine rings is 1. The molecule has 0 saturated heterocycles. The third-order valence-corrected chi connectivity index (χ3v) is 4.51. The summed E-state index contributed by atoms with van der Waals surface area (Å²) in [7, 11) is 0. The van der Waals surface area contributed by atoms with Crippen molar-refractivity contribution in [2.24, 2.45) is 0 Å². The molecular formula is C17H16F2N2O. The summed E-state index contributed by atoms with van der Waals surface area (Å²) in [6.07, 6.45) is 7.38. The van der Waals surface area contributed by atoms with Crippen LogP contribution < -0.4 is 0 Å². The van der Waals surface area contributed by atoms with Gasteiger partial charge in [0.1, 0.15) is 12.3 Å². The maximum atomic E-state index is 15.0. The molecule has 5 heteroatoms. The quantitative estimate of drug-likeness (QED) is 0.856. The fraction of sp³-hybridized carbons (Fsp3) is 0.353. The number of hydrogen-bond acceptors (Lipinski definition) is 3. The summed E-state index contributed by atoms with van der Waals surface area (Å²) in [5, 5.41) is 2.18. The van der Waals surface area contributed by atoms with Gasteiger partial charge in [0.25, 0.3) is 5.92 Å². The van der Waals surface area contributed by atoms with Crippen LogP contribution in [0.25, 0.3) is 10.9 Å². The minimum absolute atomic E-state index is 0.00234. The Balaban J connectivity index is 1.69. The third kappa shape index (κ3) is 2.08. The zero-order valence-corrected chi connectivity index (χ0v) is 12.0. The normalized spacial score (nSPS) is 22.7. The molecule has 0 spiro atoms. The highest BCUT2D eigenvalue weighted by Gasteiger charge is 2.49. The van der Waals surface area contributed by atoms with Gasteiger partial charge in [0.05, 0.1) is 5.52 Å². The average molecular weight is 302 g/mol. The van der Waals surface area contributed by atoms with Gasteiger partial charge in [-0.05, 0) is 37.1 Å². The van der Waals surface area contributed by atoms with Crippen molar-refractivity contribution in [3.63, 3.8) is 0 Å². The van der Waals surface area contributed by atoms with Crippen molar-refractivity contribution >= 4 is 10.9 Å². The molecule has 114 valence electrons. The molecule has 1 aromatic heterocycles. The topological polar surface area (TPSA) is 25.4 Å². The maximum absolute atomic E-state index is 15.0. The van der Waals surface area contributed by atoms with Crippen LogP contribution in [0.5, 0.6) is 0 Å². The van der Waals surface area contributed by atoms with Crippen LogP contribution >= 0.6 is 0 Å². The maximum Gasteiger partial charge on any atom is 0.295 e. The molecule has 1 fully saturated rings. The van der Waals surface area contributed by atoms with Crippen molar-refractivity contribution in [1.29, 1.82) is 0 Å². The second-order valence-corrected chi connectivity index (χ2v) is 5.86. The molecule has 1 aliphatic heterocycles. The Hall–Kier alpha value is -2.01. The van der Waals surface area contributed by atoms with Crippen LogP contribution in [-0.4, -0.2) is 22.1 Å². The fourth-order valence-corrected chi connectivity index (χ4v) is 3.02. The Bertz CT molecular complexity index is 727. The van der Waals surface area contributed by atoms with Gasteiger partial charge in [-0.1, -0.05) is 18.6 Å². The van der Waals surface area contributed by atoms with Gasteiger partial charge in [-0.2, -0.15) is 8.78 Å². The van der Waals surface area contributed by atoms with Gasteiger partial charge in [0, 0.05) is 23.2 Å². The highest BCUT2D eigenvalue weighted by atomic mass is 19.3. The van der Waals surface area contributed by atoms with Crippen molar-refractivity contribution < 1.29 is 13.6 Å². The van der Waals surface area contributed by atoms with E-state index in [-0.39, 0.29) is 11.6 Å². The van der Waals surface area contributed by atoms with Gasteiger partial charge >= 0.3 is 0 Å². The van der Waals surface area contributed by atoms with E-state index in [2.05, 4.69) is 4.98 Å². The van der Waals surface area contributed by atoms with Gasteiger partial charge < -0.3 is 4.84 Å². The number of halogens is 2. The molecule has 2 aliphatic rings. The van der Waals surface area contributed by atoms with Crippen molar-refractivity contribution in [3.8, 4) is 0 Å². The lowest BCUT2D eigenvalue weighted by Gasteiger charge is -2.39. The van der Waals surface area contributed by atoms with Crippen LogP contribution in [0.1, 0.15) is 24.8 Å². The summed E-state index contributed by atoms with van der Waals surface area (Å²) in [6.45, 7) is 0. The smallest absolute Gasteiger partial charge is 0.295 e. The van der Waals surface area contributed by atoms with E-state index in [0.29, 0.717) is 0 Å². The second-order valence-electron chi connectivity index (χ2n) is 5.86. The standard InChI is InChI=1S/C17H16F2N2O/c18-17(19,16-8-10-22-21(16)14-4-1-5-14)13-6-7-15-12(11-13)3-2-9-20-15/h2-3,6-11,14,16H,1,4-5H2. The van der Waals surface area contributed by atoms with Crippen LogP contribution in [0.15, 0.2) is 48.9 Å². The first kappa shape index (κ1) is 13.6. The lowest BCUT2D eigenvalue weighted by Crippen LogP contribution is -2.49. The van der Waals surface area contributed by atoms with Gasteiger partial charge in [-0.15, -0.1) is 5.06 Å². The number of hydroxylamine groups is 2. The van der Waals surface area contributed by atoms with E-state index in [1.807, 2.05) is 0 Å². The highest BCUT2D eigenvalue weighted by molar-refractivity contribution is 5.79. The average Bonchev–Trinajstić information content (AvgIpc) is 2.94. The van der Waals surface area contributed by atoms with Crippen LogP contribution in [0.2, 0.25) is 0 Å². The van der Waals surface area contributed by atoms with Gasteiger partial charge in [0.15, 0.2) is 0 Å². The van der Waals surface area contributed by atoms with E-state index in [0.717, 1.165) is 30.2 Å². The highest BCUT2D eigenvalue weighted by Crippen LogP contribution is 2.41. The third-order valence-electron chi connectivity index (χ3n) is 4.51. The summed E-state index contributed by atoms with van der Waals surface area (Å²) in [4.78, 5) is 9.50. The number of aromatic nitrogens is 1. The molecule has 2 heterocycles. The molecule has 3 nitrogen and oxygen atoms in total. The summed E-state index contributed by atoms with van der Waals surface area (Å²) >= 11 is 0. The van der Waals surface area contributed by atoms with E-state index in [1.165, 1.54) is 29.5 Å². The number of nitrogens with zero attached hydrogens (tertiary/aromatic N) is 2. The molecule has 22 heavy (non-hydrogen) atoms. The van der Waals surface area contributed by atoms with Crippen molar-refractivity contribution in [1.82, 2.24) is 10.0 Å². The Morgan fingerprint density at radius 2 is 2.09 bits per heavy atom. The Labute approximate surface area is 127 Å². The SMILES string of the molecule is FC(F)(c1ccc2ncccc2c1)C1C=CON1C1CCC1. The van der Waals surface area contributed by atoms with Gasteiger partial charge in [0.2, 0.25) is 0 Å². The summed E-state index contributed by atoms with van der Waals surface area (Å²) in [5.41, 5.74) is 0.716. The van der Waals surface area contributed by atoms with E-state index >= 15 is 0 Å².